The van der Waals surface area contributed by atoms with E-state index in [-0.39, 0.29) is 19.4 Å². The summed E-state index contributed by atoms with van der Waals surface area (Å²) in [4.78, 5) is 26.4. The highest BCUT2D eigenvalue weighted by molar-refractivity contribution is 5.80. The zero-order chi connectivity index (χ0) is 54.7. The van der Waals surface area contributed by atoms with Crippen LogP contribution in [0.15, 0.2) is 146 Å². The summed E-state index contributed by atoms with van der Waals surface area (Å²) in [5, 5.41) is 56.8. The van der Waals surface area contributed by atoms with E-state index >= 15 is 0 Å². The lowest BCUT2D eigenvalue weighted by molar-refractivity contribution is -0.305. The van der Waals surface area contributed by atoms with E-state index in [1.165, 1.54) is 51.4 Å². The Labute approximate surface area is 454 Å². The van der Waals surface area contributed by atoms with Gasteiger partial charge in [0.25, 0.3) is 0 Å². The average molecular weight is 1040 g/mol. The van der Waals surface area contributed by atoms with Crippen LogP contribution in [0.25, 0.3) is 0 Å². The molecule has 0 aromatic rings. The molecule has 75 heavy (non-hydrogen) atoms. The first kappa shape index (κ1) is 68.6. The van der Waals surface area contributed by atoms with E-state index in [1.54, 1.807) is 6.08 Å². The van der Waals surface area contributed by atoms with Crippen molar-refractivity contribution in [3.8, 4) is 0 Å². The van der Waals surface area contributed by atoms with Gasteiger partial charge in [0.1, 0.15) is 24.4 Å². The first-order chi connectivity index (χ1) is 36.7. The van der Waals surface area contributed by atoms with Crippen molar-refractivity contribution in [1.82, 2.24) is 5.32 Å². The standard InChI is InChI=1S/C64H101NO10/c1-4-7-10-13-16-19-22-25-27-29-31-34-37-40-43-46-49-52-59(69)75-62-61(71)60(70)58(53-66)74-64(62)73-54-55(56(67)50-47-44-41-38-35-32-24-21-18-15-12-9-6-3)65-63(72)57(68)51-48-45-42-39-36-33-30-28-26-23-20-17-14-11-8-5-2/h7-8,10-11,13,16-17,19-20,22,25-29,31,33-34,36-37,42,45,47,50,55-58,60-62,64,66-68,70-71H,4-6,9,12,14-15,18,21,23-24,30,32,35,38-41,43-44,46,48-49,51-54H2,1-3H3,(H,65,72)/b10-7-,11-8-,16-13+,20-17-,22-19+,27-25-,28-26-,31-29+,36-33-,37-34+,45-42-,50-47+. The molecule has 8 unspecified atom stereocenters. The summed E-state index contributed by atoms with van der Waals surface area (Å²) in [6, 6.07) is -1.07. The molecule has 422 valence electrons. The van der Waals surface area contributed by atoms with Gasteiger partial charge in [-0.1, -0.05) is 237 Å². The Hall–Kier alpha value is -4.46. The molecule has 0 saturated carbocycles. The molecule has 0 bridgehead atoms. The predicted octanol–water partition coefficient (Wildman–Crippen LogP) is 13.0. The fourth-order valence-electron chi connectivity index (χ4n) is 7.89. The molecule has 11 heteroatoms. The van der Waals surface area contributed by atoms with Crippen LogP contribution in [0.3, 0.4) is 0 Å². The molecular formula is C64H101NO10. The lowest BCUT2D eigenvalue weighted by Crippen LogP contribution is -2.61. The number of ether oxygens (including phenoxy) is 3. The van der Waals surface area contributed by atoms with Gasteiger partial charge in [-0.05, 0) is 83.5 Å². The van der Waals surface area contributed by atoms with Crippen LogP contribution < -0.4 is 5.32 Å². The molecule has 6 N–H and O–H groups in total. The minimum atomic E-state index is -1.65. The number of hydrogen-bond donors (Lipinski definition) is 6. The quantitative estimate of drug-likeness (QED) is 0.0149. The molecule has 1 amide bonds. The van der Waals surface area contributed by atoms with Crippen molar-refractivity contribution in [2.45, 2.75) is 230 Å². The maximum Gasteiger partial charge on any atom is 0.306 e. The minimum Gasteiger partial charge on any atom is -0.454 e. The number of nitrogens with one attached hydrogen (secondary N) is 1. The number of aliphatic hydroxyl groups excluding tert-OH is 5. The van der Waals surface area contributed by atoms with E-state index in [0.717, 1.165) is 83.5 Å². The van der Waals surface area contributed by atoms with E-state index in [2.05, 4.69) is 86.8 Å². The molecule has 0 radical (unpaired) electrons. The molecule has 8 atom stereocenters. The number of esters is 1. The zero-order valence-electron chi connectivity index (χ0n) is 46.3. The smallest absolute Gasteiger partial charge is 0.306 e. The van der Waals surface area contributed by atoms with Crippen molar-refractivity contribution in [2.24, 2.45) is 0 Å². The third-order valence-corrected chi connectivity index (χ3v) is 12.4. The number of amides is 1. The monoisotopic (exact) mass is 1040 g/mol. The number of hydrogen-bond acceptors (Lipinski definition) is 10. The van der Waals surface area contributed by atoms with Crippen LogP contribution in [0.1, 0.15) is 181 Å². The summed E-state index contributed by atoms with van der Waals surface area (Å²) in [5.41, 5.74) is 0. The molecule has 0 aromatic carbocycles. The Morgan fingerprint density at radius 1 is 0.547 bits per heavy atom. The number of aliphatic hydroxyl groups is 5. The second-order valence-electron chi connectivity index (χ2n) is 19.1. The molecule has 1 rings (SSSR count). The summed E-state index contributed by atoms with van der Waals surface area (Å²) < 4.78 is 17.5. The number of allylic oxidation sites excluding steroid dienone is 23. The van der Waals surface area contributed by atoms with Crippen LogP contribution in [-0.4, -0.2) is 99.6 Å². The topological polar surface area (TPSA) is 175 Å². The second kappa shape index (κ2) is 50.4. The molecule has 11 nitrogen and oxygen atoms in total. The van der Waals surface area contributed by atoms with Gasteiger partial charge in [0.05, 0.1) is 25.4 Å². The number of carbonyl (C=O) groups excluding carboxylic acids is 2. The largest absolute Gasteiger partial charge is 0.454 e. The lowest BCUT2D eigenvalue weighted by Gasteiger charge is -2.41. The SMILES string of the molecule is CC\C=C/C=C/C=C/C=C\C=C\C=C\CCCCCC(=O)OC1C(OCC(NC(=O)C(O)CC/C=C\C/C=C\C/C=C\C/C=C\C/C=C\CC)C(O)/C=C/CCCCCCCCCCCCC)OC(CO)C(O)C1O. The zero-order valence-corrected chi connectivity index (χ0v) is 46.3. The Balaban J connectivity index is 2.83. The highest BCUT2D eigenvalue weighted by atomic mass is 16.7. The number of carbonyl (C=O) groups is 2. The van der Waals surface area contributed by atoms with Crippen LogP contribution in [0.4, 0.5) is 0 Å². The third-order valence-electron chi connectivity index (χ3n) is 12.4. The Bertz CT molecular complexity index is 1770. The van der Waals surface area contributed by atoms with Crippen LogP contribution in [0, 0.1) is 0 Å². The third kappa shape index (κ3) is 38.7. The van der Waals surface area contributed by atoms with Gasteiger partial charge in [-0.25, -0.2) is 0 Å². The normalized spacial score (nSPS) is 20.3. The molecule has 1 saturated heterocycles. The summed E-state index contributed by atoms with van der Waals surface area (Å²) in [5.74, 6) is -1.32. The summed E-state index contributed by atoms with van der Waals surface area (Å²) in [7, 11) is 0. The van der Waals surface area contributed by atoms with Crippen LogP contribution in [0.2, 0.25) is 0 Å². The molecule has 1 heterocycles. The van der Waals surface area contributed by atoms with Crippen LogP contribution >= 0.6 is 0 Å². The van der Waals surface area contributed by atoms with E-state index in [0.29, 0.717) is 12.8 Å². The van der Waals surface area contributed by atoms with Gasteiger partial charge in [0.15, 0.2) is 12.4 Å². The van der Waals surface area contributed by atoms with Crippen molar-refractivity contribution in [3.63, 3.8) is 0 Å². The van der Waals surface area contributed by atoms with Crippen molar-refractivity contribution >= 4 is 11.9 Å². The summed E-state index contributed by atoms with van der Waals surface area (Å²) in [6.45, 7) is 5.43. The average Bonchev–Trinajstić information content (AvgIpc) is 3.41. The fourth-order valence-corrected chi connectivity index (χ4v) is 7.89. The second-order valence-corrected chi connectivity index (χ2v) is 19.1. The molecule has 0 aliphatic carbocycles. The van der Waals surface area contributed by atoms with Crippen molar-refractivity contribution in [3.05, 3.63) is 146 Å². The van der Waals surface area contributed by atoms with E-state index in [9.17, 15) is 35.1 Å². The molecule has 0 spiro atoms. The minimum absolute atomic E-state index is 0.0559. The first-order valence-electron chi connectivity index (χ1n) is 28.7. The molecule has 1 aliphatic heterocycles. The summed E-state index contributed by atoms with van der Waals surface area (Å²) >= 11 is 0. The molecule has 0 aromatic heterocycles. The van der Waals surface area contributed by atoms with Gasteiger partial charge >= 0.3 is 5.97 Å². The van der Waals surface area contributed by atoms with Crippen LogP contribution in [0.5, 0.6) is 0 Å². The predicted molar refractivity (Wildman–Crippen MR) is 310 cm³/mol. The fraction of sp³-hybridized carbons (Fsp3) is 0.594. The van der Waals surface area contributed by atoms with Gasteiger partial charge in [0, 0.05) is 6.42 Å². The highest BCUT2D eigenvalue weighted by Crippen LogP contribution is 2.26. The maximum atomic E-state index is 13.4. The van der Waals surface area contributed by atoms with Gasteiger partial charge in [-0.2, -0.15) is 0 Å². The highest BCUT2D eigenvalue weighted by Gasteiger charge is 2.47. The van der Waals surface area contributed by atoms with Crippen molar-refractivity contribution in [1.29, 1.82) is 0 Å². The Morgan fingerprint density at radius 3 is 1.57 bits per heavy atom. The lowest BCUT2D eigenvalue weighted by atomic mass is 9.99. The first-order valence-corrected chi connectivity index (χ1v) is 28.7. The number of unbranched alkanes of at least 4 members (excludes halogenated alkanes) is 14. The Kier molecular flexibility index (Phi) is 46.0. The van der Waals surface area contributed by atoms with Crippen molar-refractivity contribution < 1.29 is 49.3 Å². The van der Waals surface area contributed by atoms with E-state index < -0.39 is 67.4 Å². The molecular weight excluding hydrogens is 943 g/mol. The van der Waals surface area contributed by atoms with E-state index in [1.807, 2.05) is 79.0 Å². The van der Waals surface area contributed by atoms with Gasteiger partial charge in [0.2, 0.25) is 5.91 Å². The molecule has 1 aliphatic rings. The number of rotatable bonds is 45. The Morgan fingerprint density at radius 2 is 1.03 bits per heavy atom. The van der Waals surface area contributed by atoms with E-state index in [4.69, 9.17) is 14.2 Å². The van der Waals surface area contributed by atoms with Gasteiger partial charge < -0.3 is 45.1 Å². The summed E-state index contributed by atoms with van der Waals surface area (Å²) in [6.07, 6.45) is 61.8. The molecule has 1 fully saturated rings. The maximum absolute atomic E-state index is 13.4. The van der Waals surface area contributed by atoms with Gasteiger partial charge in [-0.3, -0.25) is 9.59 Å². The van der Waals surface area contributed by atoms with Gasteiger partial charge in [-0.15, -0.1) is 0 Å². The van der Waals surface area contributed by atoms with Crippen molar-refractivity contribution in [2.75, 3.05) is 13.2 Å². The van der Waals surface area contributed by atoms with Crippen LogP contribution in [-0.2, 0) is 23.8 Å².